The van der Waals surface area contributed by atoms with Gasteiger partial charge in [0.15, 0.2) is 0 Å². The summed E-state index contributed by atoms with van der Waals surface area (Å²) in [5.74, 6) is 0. The van der Waals surface area contributed by atoms with Crippen LogP contribution in [0.5, 0.6) is 0 Å². The zero-order chi connectivity index (χ0) is 13.1. The molecular weight excluding hydrogens is 251 g/mol. The Balaban J connectivity index is 2.96. The fraction of sp³-hybridized carbons (Fsp3) is 0.400. The van der Waals surface area contributed by atoms with E-state index in [-0.39, 0.29) is 11.5 Å². The van der Waals surface area contributed by atoms with Crippen LogP contribution < -0.4 is 10.6 Å². The minimum absolute atomic E-state index is 0.0647. The van der Waals surface area contributed by atoms with Crippen molar-refractivity contribution in [3.63, 3.8) is 0 Å². The summed E-state index contributed by atoms with van der Waals surface area (Å²) in [5, 5.41) is 0. The van der Waals surface area contributed by atoms with E-state index in [0.29, 0.717) is 11.4 Å². The molecule has 2 N–H and O–H groups in total. The van der Waals surface area contributed by atoms with Crippen molar-refractivity contribution in [1.82, 2.24) is 4.98 Å². The van der Waals surface area contributed by atoms with Gasteiger partial charge < -0.3 is 10.6 Å². The average molecular weight is 263 g/mol. The predicted molar refractivity (Wildman–Crippen MR) is 64.1 cm³/mol. The van der Waals surface area contributed by atoms with E-state index in [2.05, 4.69) is 4.98 Å². The van der Waals surface area contributed by atoms with E-state index in [1.54, 1.807) is 6.92 Å². The predicted octanol–water partition coefficient (Wildman–Crippen LogP) is 2.10. The van der Waals surface area contributed by atoms with E-state index >= 15 is 0 Å². The highest BCUT2D eigenvalue weighted by Crippen LogP contribution is 2.22. The number of nitrogens with two attached hydrogens (primary N) is 1. The molecule has 0 unspecified atom stereocenters. The third kappa shape index (κ3) is 4.18. The van der Waals surface area contributed by atoms with Crippen LogP contribution in [-0.4, -0.2) is 29.2 Å². The molecule has 0 bridgehead atoms. The largest absolute Gasteiger partial charge is 0.405 e. The third-order valence-electron chi connectivity index (χ3n) is 2.11. The maximum absolute atomic E-state index is 12.3. The molecule has 7 heteroatoms. The van der Waals surface area contributed by atoms with Gasteiger partial charge in [-0.3, -0.25) is 4.98 Å². The molecular formula is C10H12F3N3S. The number of pyridine rings is 1. The Bertz CT molecular complexity index is 406. The van der Waals surface area contributed by atoms with Crippen molar-refractivity contribution in [1.29, 1.82) is 0 Å². The highest BCUT2D eigenvalue weighted by atomic mass is 32.1. The second-order valence-corrected chi connectivity index (χ2v) is 3.83. The van der Waals surface area contributed by atoms with Gasteiger partial charge in [-0.2, -0.15) is 13.2 Å². The van der Waals surface area contributed by atoms with Crippen molar-refractivity contribution in [2.24, 2.45) is 5.73 Å². The quantitative estimate of drug-likeness (QED) is 0.845. The van der Waals surface area contributed by atoms with Gasteiger partial charge in [0, 0.05) is 18.4 Å². The van der Waals surface area contributed by atoms with Crippen LogP contribution in [0.15, 0.2) is 18.3 Å². The van der Waals surface area contributed by atoms with Crippen LogP contribution in [0.3, 0.4) is 0 Å². The molecule has 0 saturated carbocycles. The molecule has 0 atom stereocenters. The Morgan fingerprint density at radius 1 is 1.53 bits per heavy atom. The van der Waals surface area contributed by atoms with Gasteiger partial charge in [0.2, 0.25) is 0 Å². The smallest absolute Gasteiger partial charge is 0.388 e. The van der Waals surface area contributed by atoms with E-state index in [1.165, 1.54) is 23.2 Å². The summed E-state index contributed by atoms with van der Waals surface area (Å²) in [6.07, 6.45) is -2.86. The average Bonchev–Trinajstić information content (AvgIpc) is 2.25. The highest BCUT2D eigenvalue weighted by molar-refractivity contribution is 7.80. The lowest BCUT2D eigenvalue weighted by Gasteiger charge is -2.24. The molecule has 17 heavy (non-hydrogen) atoms. The standard InChI is InChI=1S/C10H12F3N3S/c1-2-16(6-10(11,12)13)7-3-4-15-8(5-7)9(14)17/h3-5H,2,6H2,1H3,(H2,14,17). The number of thiocarbonyl (C=S) groups is 1. The maximum atomic E-state index is 12.3. The number of rotatable bonds is 4. The summed E-state index contributed by atoms with van der Waals surface area (Å²) >= 11 is 4.73. The number of nitrogens with zero attached hydrogens (tertiary/aromatic N) is 2. The lowest BCUT2D eigenvalue weighted by molar-refractivity contribution is -0.119. The van der Waals surface area contributed by atoms with E-state index in [0.717, 1.165) is 0 Å². The molecule has 0 aliphatic heterocycles. The second-order valence-electron chi connectivity index (χ2n) is 3.39. The van der Waals surface area contributed by atoms with Crippen molar-refractivity contribution in [2.45, 2.75) is 13.1 Å². The molecule has 0 aliphatic rings. The van der Waals surface area contributed by atoms with Crippen LogP contribution in [0.25, 0.3) is 0 Å². The Hall–Kier alpha value is -1.37. The van der Waals surface area contributed by atoms with Crippen LogP contribution in [0, 0.1) is 0 Å². The molecule has 1 heterocycles. The first-order valence-corrected chi connectivity index (χ1v) is 5.32. The first-order chi connectivity index (χ1) is 7.83. The molecule has 0 amide bonds. The van der Waals surface area contributed by atoms with Gasteiger partial charge >= 0.3 is 6.18 Å². The number of aromatic nitrogens is 1. The summed E-state index contributed by atoms with van der Waals surface area (Å²) in [6, 6.07) is 2.95. The van der Waals surface area contributed by atoms with Crippen LogP contribution in [0.2, 0.25) is 0 Å². The summed E-state index contributed by atoms with van der Waals surface area (Å²) in [5.41, 5.74) is 6.10. The normalized spacial score (nSPS) is 11.3. The Kier molecular flexibility index (Phi) is 4.28. The topological polar surface area (TPSA) is 42.2 Å². The summed E-state index contributed by atoms with van der Waals surface area (Å²) < 4.78 is 37.0. The number of alkyl halides is 3. The van der Waals surface area contributed by atoms with Gasteiger partial charge in [0.05, 0.1) is 5.69 Å². The maximum Gasteiger partial charge on any atom is 0.405 e. The lowest BCUT2D eigenvalue weighted by Crippen LogP contribution is -2.34. The summed E-state index contributed by atoms with van der Waals surface area (Å²) in [4.78, 5) is 5.13. The van der Waals surface area contributed by atoms with Crippen LogP contribution in [-0.2, 0) is 0 Å². The van der Waals surface area contributed by atoms with E-state index < -0.39 is 12.7 Å². The van der Waals surface area contributed by atoms with Crippen molar-refractivity contribution in [2.75, 3.05) is 18.0 Å². The fourth-order valence-corrected chi connectivity index (χ4v) is 1.46. The molecule has 0 fully saturated rings. The molecule has 0 saturated heterocycles. The van der Waals surface area contributed by atoms with Gasteiger partial charge in [0.25, 0.3) is 0 Å². The van der Waals surface area contributed by atoms with Gasteiger partial charge in [-0.15, -0.1) is 0 Å². The Morgan fingerprint density at radius 2 is 2.18 bits per heavy atom. The summed E-state index contributed by atoms with van der Waals surface area (Å²) in [7, 11) is 0. The van der Waals surface area contributed by atoms with Crippen LogP contribution in [0.1, 0.15) is 12.6 Å². The Labute approximate surface area is 102 Å². The first-order valence-electron chi connectivity index (χ1n) is 4.91. The minimum Gasteiger partial charge on any atom is -0.388 e. The van der Waals surface area contributed by atoms with Crippen molar-refractivity contribution >= 4 is 22.9 Å². The highest BCUT2D eigenvalue weighted by Gasteiger charge is 2.30. The van der Waals surface area contributed by atoms with Gasteiger partial charge in [0.1, 0.15) is 11.5 Å². The molecule has 1 rings (SSSR count). The lowest BCUT2D eigenvalue weighted by atomic mass is 10.3. The molecule has 0 radical (unpaired) electrons. The molecule has 0 aliphatic carbocycles. The number of hydrogen-bond acceptors (Lipinski definition) is 3. The van der Waals surface area contributed by atoms with E-state index in [4.69, 9.17) is 18.0 Å². The summed E-state index contributed by atoms with van der Waals surface area (Å²) in [6.45, 7) is 0.872. The van der Waals surface area contributed by atoms with Gasteiger partial charge in [-0.05, 0) is 19.1 Å². The van der Waals surface area contributed by atoms with Gasteiger partial charge in [-0.25, -0.2) is 0 Å². The molecule has 0 spiro atoms. The van der Waals surface area contributed by atoms with Crippen molar-refractivity contribution in [3.05, 3.63) is 24.0 Å². The third-order valence-corrected chi connectivity index (χ3v) is 2.32. The van der Waals surface area contributed by atoms with E-state index in [9.17, 15) is 13.2 Å². The van der Waals surface area contributed by atoms with Crippen LogP contribution in [0.4, 0.5) is 18.9 Å². The zero-order valence-electron chi connectivity index (χ0n) is 9.16. The van der Waals surface area contributed by atoms with Crippen molar-refractivity contribution in [3.8, 4) is 0 Å². The molecule has 3 nitrogen and oxygen atoms in total. The molecule has 1 aromatic rings. The number of halogens is 3. The molecule has 0 aromatic carbocycles. The second kappa shape index (κ2) is 5.31. The number of hydrogen-bond donors (Lipinski definition) is 1. The fourth-order valence-electron chi connectivity index (χ4n) is 1.35. The first kappa shape index (κ1) is 13.7. The minimum atomic E-state index is -4.25. The van der Waals surface area contributed by atoms with Gasteiger partial charge in [-0.1, -0.05) is 12.2 Å². The monoisotopic (exact) mass is 263 g/mol. The van der Waals surface area contributed by atoms with Crippen molar-refractivity contribution < 1.29 is 13.2 Å². The SMILES string of the molecule is CCN(CC(F)(F)F)c1ccnc(C(N)=S)c1. The van der Waals surface area contributed by atoms with Crippen LogP contribution >= 0.6 is 12.2 Å². The molecule has 94 valence electrons. The Morgan fingerprint density at radius 3 is 2.65 bits per heavy atom. The zero-order valence-corrected chi connectivity index (χ0v) is 9.98. The number of anilines is 1. The molecule has 1 aromatic heterocycles. The van der Waals surface area contributed by atoms with E-state index in [1.807, 2.05) is 0 Å².